The Bertz CT molecular complexity index is 413. The highest BCUT2D eigenvalue weighted by molar-refractivity contribution is 5.94. The lowest BCUT2D eigenvalue weighted by Gasteiger charge is -2.30. The second-order valence-corrected chi connectivity index (χ2v) is 4.35. The van der Waals surface area contributed by atoms with Gasteiger partial charge in [-0.1, -0.05) is 13.8 Å². The lowest BCUT2D eigenvalue weighted by atomic mass is 10.1. The normalized spacial score (nSPS) is 10.8. The first-order valence-corrected chi connectivity index (χ1v) is 6.41. The number of aliphatic hydroxyl groups excluding tert-OH is 1. The van der Waals surface area contributed by atoms with E-state index in [1.807, 2.05) is 13.8 Å². The van der Waals surface area contributed by atoms with Crippen LogP contribution < -0.4 is 0 Å². The molecule has 0 saturated heterocycles. The number of halogens is 2. The van der Waals surface area contributed by atoms with E-state index in [1.54, 1.807) is 0 Å². The molecule has 0 atom stereocenters. The summed E-state index contributed by atoms with van der Waals surface area (Å²) in [6.07, 6.45) is 1.44. The zero-order valence-corrected chi connectivity index (χ0v) is 11.2. The average Bonchev–Trinajstić information content (AvgIpc) is 2.37. The molecular formula is C14H19F2NO2. The molecule has 0 fully saturated rings. The largest absolute Gasteiger partial charge is 0.395 e. The van der Waals surface area contributed by atoms with Gasteiger partial charge in [0.2, 0.25) is 0 Å². The summed E-state index contributed by atoms with van der Waals surface area (Å²) in [5.74, 6) is -2.02. The van der Waals surface area contributed by atoms with Crippen molar-refractivity contribution in [3.05, 3.63) is 35.4 Å². The fraction of sp³-hybridized carbons (Fsp3) is 0.500. The molecule has 0 aliphatic rings. The molecule has 0 saturated carbocycles. The molecule has 0 unspecified atom stereocenters. The van der Waals surface area contributed by atoms with Crippen LogP contribution in [0.1, 0.15) is 37.0 Å². The molecule has 0 aliphatic heterocycles. The number of rotatable bonds is 6. The van der Waals surface area contributed by atoms with Crippen LogP contribution in [0, 0.1) is 11.6 Å². The summed E-state index contributed by atoms with van der Waals surface area (Å²) in [6.45, 7) is 3.83. The summed E-state index contributed by atoms with van der Waals surface area (Å²) in [5, 5.41) is 9.04. The summed E-state index contributed by atoms with van der Waals surface area (Å²) in [6, 6.07) is 2.70. The van der Waals surface area contributed by atoms with Crippen molar-refractivity contribution >= 4 is 5.91 Å². The molecule has 1 aromatic rings. The van der Waals surface area contributed by atoms with Gasteiger partial charge in [-0.3, -0.25) is 4.79 Å². The van der Waals surface area contributed by atoms with Crippen LogP contribution in [0.15, 0.2) is 18.2 Å². The summed E-state index contributed by atoms with van der Waals surface area (Å²) < 4.78 is 26.3. The van der Waals surface area contributed by atoms with E-state index >= 15 is 0 Å². The number of hydrogen-bond acceptors (Lipinski definition) is 2. The quantitative estimate of drug-likeness (QED) is 0.864. The Hall–Kier alpha value is -1.49. The Morgan fingerprint density at radius 3 is 2.16 bits per heavy atom. The van der Waals surface area contributed by atoms with Crippen molar-refractivity contribution in [2.75, 3.05) is 13.2 Å². The molecule has 0 aliphatic carbocycles. The minimum Gasteiger partial charge on any atom is -0.395 e. The molecule has 3 nitrogen and oxygen atoms in total. The number of hydrogen-bond donors (Lipinski definition) is 1. The lowest BCUT2D eigenvalue weighted by Crippen LogP contribution is -2.41. The van der Waals surface area contributed by atoms with Crippen LogP contribution in [0.4, 0.5) is 8.78 Å². The Balaban J connectivity index is 3.04. The van der Waals surface area contributed by atoms with Crippen molar-refractivity contribution in [1.29, 1.82) is 0 Å². The maximum Gasteiger partial charge on any atom is 0.254 e. The van der Waals surface area contributed by atoms with E-state index in [-0.39, 0.29) is 24.8 Å². The van der Waals surface area contributed by atoms with Gasteiger partial charge in [0, 0.05) is 24.2 Å². The Morgan fingerprint density at radius 2 is 1.74 bits per heavy atom. The van der Waals surface area contributed by atoms with E-state index in [2.05, 4.69) is 0 Å². The molecule has 0 heterocycles. The van der Waals surface area contributed by atoms with Gasteiger partial charge in [0.25, 0.3) is 5.91 Å². The van der Waals surface area contributed by atoms with E-state index in [4.69, 9.17) is 5.11 Å². The van der Waals surface area contributed by atoms with E-state index in [1.165, 1.54) is 4.90 Å². The van der Waals surface area contributed by atoms with Gasteiger partial charge in [0.15, 0.2) is 0 Å². The smallest absolute Gasteiger partial charge is 0.254 e. The minimum absolute atomic E-state index is 0.0298. The molecule has 0 aromatic heterocycles. The fourth-order valence-electron chi connectivity index (χ4n) is 2.13. The molecule has 19 heavy (non-hydrogen) atoms. The predicted octanol–water partition coefficient (Wildman–Crippen LogP) is 2.59. The van der Waals surface area contributed by atoms with E-state index in [9.17, 15) is 13.6 Å². The third kappa shape index (κ3) is 3.99. The van der Waals surface area contributed by atoms with E-state index < -0.39 is 17.5 Å². The summed E-state index contributed by atoms with van der Waals surface area (Å²) >= 11 is 0. The van der Waals surface area contributed by atoms with Crippen LogP contribution >= 0.6 is 0 Å². The highest BCUT2D eigenvalue weighted by Crippen LogP contribution is 2.15. The van der Waals surface area contributed by atoms with Crippen LogP contribution in [-0.4, -0.2) is 35.1 Å². The summed E-state index contributed by atoms with van der Waals surface area (Å²) in [4.78, 5) is 13.7. The Kier molecular flexibility index (Phi) is 5.89. The van der Waals surface area contributed by atoms with Gasteiger partial charge in [-0.2, -0.15) is 0 Å². The number of carbonyl (C=O) groups is 1. The number of nitrogens with zero attached hydrogens (tertiary/aromatic N) is 1. The summed E-state index contributed by atoms with van der Waals surface area (Å²) in [7, 11) is 0. The Morgan fingerprint density at radius 1 is 1.21 bits per heavy atom. The minimum atomic E-state index is -0.781. The monoisotopic (exact) mass is 271 g/mol. The standard InChI is InChI=1S/C14H19F2NO2/c1-3-13(4-2)17(5-6-18)14(19)10-7-11(15)9-12(16)8-10/h7-9,13,18H,3-6H2,1-2H3. The average molecular weight is 271 g/mol. The highest BCUT2D eigenvalue weighted by atomic mass is 19.1. The molecule has 1 amide bonds. The number of aliphatic hydroxyl groups is 1. The zero-order chi connectivity index (χ0) is 14.4. The number of carbonyl (C=O) groups excluding carboxylic acids is 1. The van der Waals surface area contributed by atoms with Crippen LogP contribution in [0.2, 0.25) is 0 Å². The van der Waals surface area contributed by atoms with Crippen molar-refractivity contribution in [1.82, 2.24) is 4.90 Å². The van der Waals surface area contributed by atoms with Gasteiger partial charge in [0.05, 0.1) is 6.61 Å². The van der Waals surface area contributed by atoms with Gasteiger partial charge < -0.3 is 10.0 Å². The van der Waals surface area contributed by atoms with Crippen molar-refractivity contribution in [3.8, 4) is 0 Å². The molecule has 0 spiro atoms. The first-order valence-electron chi connectivity index (χ1n) is 6.41. The van der Waals surface area contributed by atoms with Gasteiger partial charge in [-0.25, -0.2) is 8.78 Å². The van der Waals surface area contributed by atoms with Crippen molar-refractivity contribution in [2.24, 2.45) is 0 Å². The third-order valence-corrected chi connectivity index (χ3v) is 3.09. The maximum absolute atomic E-state index is 13.1. The third-order valence-electron chi connectivity index (χ3n) is 3.09. The topological polar surface area (TPSA) is 40.5 Å². The lowest BCUT2D eigenvalue weighted by molar-refractivity contribution is 0.0621. The van der Waals surface area contributed by atoms with Crippen molar-refractivity contribution in [2.45, 2.75) is 32.7 Å². The van der Waals surface area contributed by atoms with Gasteiger partial charge >= 0.3 is 0 Å². The van der Waals surface area contributed by atoms with Crippen LogP contribution in [-0.2, 0) is 0 Å². The van der Waals surface area contributed by atoms with Crippen molar-refractivity contribution < 1.29 is 18.7 Å². The fourth-order valence-corrected chi connectivity index (χ4v) is 2.13. The first-order chi connectivity index (χ1) is 9.03. The predicted molar refractivity (Wildman–Crippen MR) is 68.9 cm³/mol. The zero-order valence-electron chi connectivity index (χ0n) is 11.2. The highest BCUT2D eigenvalue weighted by Gasteiger charge is 2.22. The van der Waals surface area contributed by atoms with Gasteiger partial charge in [-0.05, 0) is 25.0 Å². The molecule has 1 rings (SSSR count). The molecule has 1 aromatic carbocycles. The van der Waals surface area contributed by atoms with Crippen LogP contribution in [0.5, 0.6) is 0 Å². The molecule has 1 N–H and O–H groups in total. The first kappa shape index (κ1) is 15.6. The number of benzene rings is 1. The van der Waals surface area contributed by atoms with E-state index in [0.717, 1.165) is 31.0 Å². The Labute approximate surface area is 111 Å². The summed E-state index contributed by atoms with van der Waals surface area (Å²) in [5.41, 5.74) is -0.0298. The molecule has 106 valence electrons. The molecule has 0 bridgehead atoms. The van der Waals surface area contributed by atoms with Gasteiger partial charge in [-0.15, -0.1) is 0 Å². The van der Waals surface area contributed by atoms with Crippen LogP contribution in [0.3, 0.4) is 0 Å². The maximum atomic E-state index is 13.1. The van der Waals surface area contributed by atoms with E-state index in [0.29, 0.717) is 0 Å². The molecular weight excluding hydrogens is 252 g/mol. The molecule has 0 radical (unpaired) electrons. The second-order valence-electron chi connectivity index (χ2n) is 4.35. The number of amides is 1. The second kappa shape index (κ2) is 7.19. The SMILES string of the molecule is CCC(CC)N(CCO)C(=O)c1cc(F)cc(F)c1. The van der Waals surface area contributed by atoms with Crippen LogP contribution in [0.25, 0.3) is 0 Å². The van der Waals surface area contributed by atoms with Gasteiger partial charge in [0.1, 0.15) is 11.6 Å². The van der Waals surface area contributed by atoms with Crippen molar-refractivity contribution in [3.63, 3.8) is 0 Å². The molecule has 5 heteroatoms.